The third-order valence-corrected chi connectivity index (χ3v) is 6.14. The molecule has 1 fully saturated rings. The highest BCUT2D eigenvalue weighted by molar-refractivity contribution is 8.01. The number of thioether (sulfide) groups is 1. The van der Waals surface area contributed by atoms with Crippen LogP contribution in [0, 0.1) is 5.92 Å². The van der Waals surface area contributed by atoms with Gasteiger partial charge in [-0.25, -0.2) is 0 Å². The highest BCUT2D eigenvalue weighted by Gasteiger charge is 2.41. The second-order valence-electron chi connectivity index (χ2n) is 5.00. The lowest BCUT2D eigenvalue weighted by Crippen LogP contribution is -2.51. The molecule has 0 amide bonds. The van der Waals surface area contributed by atoms with Gasteiger partial charge < -0.3 is 10.4 Å². The lowest BCUT2D eigenvalue weighted by molar-refractivity contribution is 0.124. The predicted molar refractivity (Wildman–Crippen MR) is 80.5 cm³/mol. The van der Waals surface area contributed by atoms with Gasteiger partial charge in [0, 0.05) is 5.54 Å². The van der Waals surface area contributed by atoms with Crippen molar-refractivity contribution in [3.05, 3.63) is 17.5 Å². The molecular weight excluding hydrogens is 262 g/mol. The van der Waals surface area contributed by atoms with Crippen LogP contribution in [-0.2, 0) is 0 Å². The summed E-state index contributed by atoms with van der Waals surface area (Å²) in [6.45, 7) is 3.37. The van der Waals surface area contributed by atoms with E-state index in [0.717, 1.165) is 13.0 Å². The van der Waals surface area contributed by atoms with Crippen molar-refractivity contribution in [2.75, 3.05) is 18.9 Å². The first-order chi connectivity index (χ1) is 8.80. The average Bonchev–Trinajstić information content (AvgIpc) is 3.01. The van der Waals surface area contributed by atoms with Gasteiger partial charge in [0.25, 0.3) is 0 Å². The normalized spacial score (nSPS) is 27.8. The lowest BCUT2D eigenvalue weighted by atomic mass is 9.86. The first-order valence-corrected chi connectivity index (χ1v) is 8.69. The van der Waals surface area contributed by atoms with Crippen molar-refractivity contribution in [2.24, 2.45) is 5.92 Å². The van der Waals surface area contributed by atoms with E-state index in [-0.39, 0.29) is 12.1 Å². The Bertz CT molecular complexity index is 342. The van der Waals surface area contributed by atoms with Crippen LogP contribution in [0.1, 0.15) is 32.6 Å². The third-order valence-electron chi connectivity index (χ3n) is 3.97. The number of hydrogen-bond acceptors (Lipinski definition) is 4. The highest BCUT2D eigenvalue weighted by atomic mass is 32.2. The zero-order valence-electron chi connectivity index (χ0n) is 11.0. The number of thiophene rings is 1. The van der Waals surface area contributed by atoms with Gasteiger partial charge in [0.05, 0.1) is 10.8 Å². The van der Waals surface area contributed by atoms with Gasteiger partial charge in [-0.1, -0.05) is 19.4 Å². The second-order valence-corrected chi connectivity index (χ2v) is 7.35. The minimum Gasteiger partial charge on any atom is -0.394 e. The van der Waals surface area contributed by atoms with E-state index in [0.29, 0.717) is 5.92 Å². The van der Waals surface area contributed by atoms with Gasteiger partial charge in [-0.3, -0.25) is 0 Å². The zero-order valence-corrected chi connectivity index (χ0v) is 12.7. The standard InChI is InChI=1S/C14H23NOS2/c1-2-15-14(11-16)8-3-5-12(14)7-10-18-13-6-4-9-17-13/h4,6,9,12,15-16H,2-3,5,7-8,10-11H2,1H3. The summed E-state index contributed by atoms with van der Waals surface area (Å²) in [5.41, 5.74) is 0.00472. The minimum absolute atomic E-state index is 0.00472. The molecule has 1 aliphatic rings. The quantitative estimate of drug-likeness (QED) is 0.753. The van der Waals surface area contributed by atoms with Gasteiger partial charge in [-0.15, -0.1) is 23.1 Å². The number of hydrogen-bond donors (Lipinski definition) is 2. The van der Waals surface area contributed by atoms with E-state index in [4.69, 9.17) is 0 Å². The summed E-state index contributed by atoms with van der Waals surface area (Å²) in [5, 5.41) is 15.4. The van der Waals surface area contributed by atoms with E-state index in [1.165, 1.54) is 29.2 Å². The summed E-state index contributed by atoms with van der Waals surface area (Å²) >= 11 is 3.77. The fraction of sp³-hybridized carbons (Fsp3) is 0.714. The number of nitrogens with one attached hydrogen (secondary N) is 1. The van der Waals surface area contributed by atoms with Crippen molar-refractivity contribution < 1.29 is 5.11 Å². The molecule has 0 bridgehead atoms. The van der Waals surface area contributed by atoms with E-state index in [1.54, 1.807) is 0 Å². The Labute approximate surface area is 118 Å². The van der Waals surface area contributed by atoms with E-state index in [2.05, 4.69) is 29.8 Å². The Morgan fingerprint density at radius 2 is 2.50 bits per heavy atom. The molecule has 0 radical (unpaired) electrons. The van der Waals surface area contributed by atoms with Gasteiger partial charge in [-0.2, -0.15) is 0 Å². The molecule has 1 aromatic rings. The van der Waals surface area contributed by atoms with Crippen LogP contribution in [0.3, 0.4) is 0 Å². The molecule has 18 heavy (non-hydrogen) atoms. The zero-order chi connectivity index (χ0) is 12.8. The minimum atomic E-state index is 0.00472. The van der Waals surface area contributed by atoms with Gasteiger partial charge in [0.15, 0.2) is 0 Å². The maximum absolute atomic E-state index is 9.73. The summed E-state index contributed by atoms with van der Waals surface area (Å²) in [6, 6.07) is 4.30. The van der Waals surface area contributed by atoms with Crippen LogP contribution in [0.25, 0.3) is 0 Å². The maximum Gasteiger partial charge on any atom is 0.0616 e. The first kappa shape index (κ1) is 14.4. The fourth-order valence-electron chi connectivity index (χ4n) is 3.06. The molecule has 0 aromatic carbocycles. The molecule has 2 unspecified atom stereocenters. The summed E-state index contributed by atoms with van der Waals surface area (Å²) in [5.74, 6) is 1.80. The lowest BCUT2D eigenvalue weighted by Gasteiger charge is -2.34. The largest absolute Gasteiger partial charge is 0.394 e. The van der Waals surface area contributed by atoms with E-state index < -0.39 is 0 Å². The SMILES string of the molecule is CCNC1(CO)CCCC1CCSc1cccs1. The molecule has 2 nitrogen and oxygen atoms in total. The second kappa shape index (κ2) is 6.94. The summed E-state index contributed by atoms with van der Waals surface area (Å²) < 4.78 is 1.41. The van der Waals surface area contributed by atoms with Crippen LogP contribution in [0.5, 0.6) is 0 Å². The number of aliphatic hydroxyl groups is 1. The average molecular weight is 285 g/mol. The van der Waals surface area contributed by atoms with Crippen LogP contribution < -0.4 is 5.32 Å². The Hall–Kier alpha value is -0.0300. The number of rotatable bonds is 7. The van der Waals surface area contributed by atoms with Crippen LogP contribution >= 0.6 is 23.1 Å². The monoisotopic (exact) mass is 285 g/mol. The molecule has 0 aliphatic heterocycles. The molecule has 102 valence electrons. The van der Waals surface area contributed by atoms with E-state index >= 15 is 0 Å². The molecule has 0 saturated heterocycles. The van der Waals surface area contributed by atoms with Crippen LogP contribution in [0.15, 0.2) is 21.7 Å². The molecule has 2 N–H and O–H groups in total. The van der Waals surface area contributed by atoms with Crippen molar-refractivity contribution in [1.82, 2.24) is 5.32 Å². The molecule has 4 heteroatoms. The van der Waals surface area contributed by atoms with E-state index in [1.807, 2.05) is 23.1 Å². The Morgan fingerprint density at radius 1 is 1.61 bits per heavy atom. The van der Waals surface area contributed by atoms with Crippen molar-refractivity contribution in [3.8, 4) is 0 Å². The molecule has 2 atom stereocenters. The summed E-state index contributed by atoms with van der Waals surface area (Å²) in [6.07, 6.45) is 4.85. The first-order valence-electron chi connectivity index (χ1n) is 6.83. The van der Waals surface area contributed by atoms with Crippen LogP contribution in [0.4, 0.5) is 0 Å². The predicted octanol–water partition coefficient (Wildman–Crippen LogP) is 3.37. The molecule has 1 heterocycles. The Balaban J connectivity index is 1.83. The molecule has 2 rings (SSSR count). The molecule has 1 saturated carbocycles. The molecule has 0 spiro atoms. The van der Waals surface area contributed by atoms with Crippen LogP contribution in [0.2, 0.25) is 0 Å². The number of aliphatic hydroxyl groups excluding tert-OH is 1. The van der Waals surface area contributed by atoms with Gasteiger partial charge in [0.1, 0.15) is 0 Å². The van der Waals surface area contributed by atoms with Gasteiger partial charge in [0.2, 0.25) is 0 Å². The molecule has 1 aliphatic carbocycles. The van der Waals surface area contributed by atoms with Crippen molar-refractivity contribution in [3.63, 3.8) is 0 Å². The van der Waals surface area contributed by atoms with Gasteiger partial charge in [-0.05, 0) is 48.9 Å². The topological polar surface area (TPSA) is 32.3 Å². The van der Waals surface area contributed by atoms with Crippen molar-refractivity contribution >= 4 is 23.1 Å². The van der Waals surface area contributed by atoms with Crippen molar-refractivity contribution in [1.29, 1.82) is 0 Å². The Kier molecular flexibility index (Phi) is 5.55. The Morgan fingerprint density at radius 3 is 3.17 bits per heavy atom. The summed E-state index contributed by atoms with van der Waals surface area (Å²) in [7, 11) is 0. The van der Waals surface area contributed by atoms with Crippen LogP contribution in [-0.4, -0.2) is 29.5 Å². The van der Waals surface area contributed by atoms with E-state index in [9.17, 15) is 5.11 Å². The molecular formula is C14H23NOS2. The molecule has 1 aromatic heterocycles. The van der Waals surface area contributed by atoms with Crippen molar-refractivity contribution in [2.45, 2.75) is 42.4 Å². The fourth-order valence-corrected chi connectivity index (χ4v) is 4.98. The highest BCUT2D eigenvalue weighted by Crippen LogP contribution is 2.39. The third kappa shape index (κ3) is 3.29. The number of likely N-dealkylation sites (N-methyl/N-ethyl adjacent to an activating group) is 1. The summed E-state index contributed by atoms with van der Waals surface area (Å²) in [4.78, 5) is 0. The maximum atomic E-state index is 9.73. The van der Waals surface area contributed by atoms with Gasteiger partial charge >= 0.3 is 0 Å². The smallest absolute Gasteiger partial charge is 0.0616 e.